The summed E-state index contributed by atoms with van der Waals surface area (Å²) in [4.78, 5) is 8.08. The smallest absolute Gasteiger partial charge is 0.318 e. The van der Waals surface area contributed by atoms with Gasteiger partial charge in [-0.1, -0.05) is 30.9 Å². The molecule has 1 aromatic rings. The highest BCUT2D eigenvalue weighted by Gasteiger charge is 2.16. The van der Waals surface area contributed by atoms with Crippen LogP contribution in [0.15, 0.2) is 6.20 Å². The van der Waals surface area contributed by atoms with Crippen molar-refractivity contribution in [2.75, 3.05) is 19.0 Å². The molecule has 1 aromatic heterocycles. The average Bonchev–Trinajstić information content (AvgIpc) is 2.24. The largest absolute Gasteiger partial charge is 0.467 e. The Morgan fingerprint density at radius 1 is 1.56 bits per heavy atom. The van der Waals surface area contributed by atoms with Crippen molar-refractivity contribution in [3.05, 3.63) is 11.2 Å². The van der Waals surface area contributed by atoms with E-state index in [-0.39, 0.29) is 0 Å². The fraction of sp³-hybridized carbons (Fsp3) is 0.636. The minimum atomic E-state index is 0.343. The third kappa shape index (κ3) is 2.76. The van der Waals surface area contributed by atoms with Gasteiger partial charge in [0.2, 0.25) is 0 Å². The molecule has 1 aliphatic carbocycles. The summed E-state index contributed by atoms with van der Waals surface area (Å²) in [5.41, 5.74) is 0. The Kier molecular flexibility index (Phi) is 3.83. The summed E-state index contributed by atoms with van der Waals surface area (Å²) < 4.78 is 4.95. The first-order valence-electron chi connectivity index (χ1n) is 5.60. The highest BCUT2D eigenvalue weighted by atomic mass is 35.5. The van der Waals surface area contributed by atoms with Gasteiger partial charge < -0.3 is 10.1 Å². The van der Waals surface area contributed by atoms with E-state index in [2.05, 4.69) is 15.3 Å². The monoisotopic (exact) mass is 241 g/mol. The van der Waals surface area contributed by atoms with Crippen LogP contribution in [-0.2, 0) is 0 Å². The van der Waals surface area contributed by atoms with Gasteiger partial charge in [-0.25, -0.2) is 4.98 Å². The average molecular weight is 242 g/mol. The van der Waals surface area contributed by atoms with E-state index in [1.165, 1.54) is 25.7 Å². The van der Waals surface area contributed by atoms with Gasteiger partial charge in [0, 0.05) is 6.54 Å². The van der Waals surface area contributed by atoms with Gasteiger partial charge in [-0.15, -0.1) is 0 Å². The Morgan fingerprint density at radius 3 is 3.00 bits per heavy atom. The Bertz CT molecular complexity index is 355. The second kappa shape index (κ2) is 5.34. The van der Waals surface area contributed by atoms with Crippen molar-refractivity contribution in [2.24, 2.45) is 5.92 Å². The second-order valence-corrected chi connectivity index (χ2v) is 4.47. The Labute approximate surface area is 100 Å². The van der Waals surface area contributed by atoms with Crippen LogP contribution in [-0.4, -0.2) is 23.6 Å². The highest BCUT2D eigenvalue weighted by Crippen LogP contribution is 2.29. The molecule has 0 saturated heterocycles. The molecular formula is C11H16ClN3O. The Hall–Kier alpha value is -1.03. The van der Waals surface area contributed by atoms with Crippen molar-refractivity contribution in [3.63, 3.8) is 0 Å². The molecule has 2 rings (SSSR count). The standard InChI is InChI=1S/C11H16ClN3O/c1-16-11-14-7-9(12)10(15-11)13-6-5-8-3-2-4-8/h7-8H,2-6H2,1H3,(H,13,14,15). The van der Waals surface area contributed by atoms with Crippen LogP contribution in [0.4, 0.5) is 5.82 Å². The minimum absolute atomic E-state index is 0.343. The number of hydrogen-bond acceptors (Lipinski definition) is 4. The first-order valence-corrected chi connectivity index (χ1v) is 5.98. The predicted molar refractivity (Wildman–Crippen MR) is 64.0 cm³/mol. The van der Waals surface area contributed by atoms with Crippen LogP contribution in [0.2, 0.25) is 5.02 Å². The van der Waals surface area contributed by atoms with Gasteiger partial charge in [-0.2, -0.15) is 4.98 Å². The molecule has 1 N–H and O–H groups in total. The highest BCUT2D eigenvalue weighted by molar-refractivity contribution is 6.32. The zero-order chi connectivity index (χ0) is 11.4. The van der Waals surface area contributed by atoms with E-state index in [1.54, 1.807) is 13.3 Å². The molecule has 1 aliphatic rings. The molecule has 1 fully saturated rings. The predicted octanol–water partition coefficient (Wildman–Crippen LogP) is 2.74. The van der Waals surface area contributed by atoms with E-state index < -0.39 is 0 Å². The lowest BCUT2D eigenvalue weighted by Crippen LogP contribution is -2.16. The maximum atomic E-state index is 5.97. The lowest BCUT2D eigenvalue weighted by molar-refractivity contribution is 0.303. The Morgan fingerprint density at radius 2 is 2.38 bits per heavy atom. The lowest BCUT2D eigenvalue weighted by Gasteiger charge is -2.25. The zero-order valence-electron chi connectivity index (χ0n) is 9.37. The summed E-state index contributed by atoms with van der Waals surface area (Å²) in [5.74, 6) is 1.54. The molecule has 88 valence electrons. The quantitative estimate of drug-likeness (QED) is 0.861. The maximum absolute atomic E-state index is 5.97. The van der Waals surface area contributed by atoms with Gasteiger partial charge >= 0.3 is 6.01 Å². The molecule has 0 spiro atoms. The number of rotatable bonds is 5. The van der Waals surface area contributed by atoms with E-state index in [1.807, 2.05) is 0 Å². The van der Waals surface area contributed by atoms with Gasteiger partial charge in [-0.05, 0) is 12.3 Å². The van der Waals surface area contributed by atoms with Gasteiger partial charge in [0.1, 0.15) is 5.02 Å². The molecule has 0 aliphatic heterocycles. The summed E-state index contributed by atoms with van der Waals surface area (Å²) in [7, 11) is 1.54. The van der Waals surface area contributed by atoms with Crippen LogP contribution in [0, 0.1) is 5.92 Å². The van der Waals surface area contributed by atoms with Crippen LogP contribution in [0.25, 0.3) is 0 Å². The van der Waals surface area contributed by atoms with Crippen LogP contribution in [0.3, 0.4) is 0 Å². The van der Waals surface area contributed by atoms with Crippen molar-refractivity contribution in [1.29, 1.82) is 0 Å². The van der Waals surface area contributed by atoms with Gasteiger partial charge in [0.15, 0.2) is 5.82 Å². The van der Waals surface area contributed by atoms with Crippen molar-refractivity contribution < 1.29 is 4.74 Å². The van der Waals surface area contributed by atoms with Crippen LogP contribution >= 0.6 is 11.6 Å². The van der Waals surface area contributed by atoms with Gasteiger partial charge in [0.05, 0.1) is 13.3 Å². The van der Waals surface area contributed by atoms with Crippen molar-refractivity contribution in [1.82, 2.24) is 9.97 Å². The molecule has 5 heteroatoms. The maximum Gasteiger partial charge on any atom is 0.318 e. The summed E-state index contributed by atoms with van der Waals surface area (Å²) in [6, 6.07) is 0.343. The van der Waals surface area contributed by atoms with Crippen LogP contribution in [0.1, 0.15) is 25.7 Å². The third-order valence-corrected chi connectivity index (χ3v) is 3.25. The molecule has 0 unspecified atom stereocenters. The van der Waals surface area contributed by atoms with Crippen molar-refractivity contribution in [2.45, 2.75) is 25.7 Å². The van der Waals surface area contributed by atoms with Crippen LogP contribution < -0.4 is 10.1 Å². The van der Waals surface area contributed by atoms with Gasteiger partial charge in [-0.3, -0.25) is 0 Å². The number of ether oxygens (including phenoxy) is 1. The van der Waals surface area contributed by atoms with E-state index >= 15 is 0 Å². The summed E-state index contributed by atoms with van der Waals surface area (Å²) in [6.45, 7) is 0.907. The summed E-state index contributed by atoms with van der Waals surface area (Å²) in [6.07, 6.45) is 6.85. The molecule has 1 saturated carbocycles. The number of nitrogens with zero attached hydrogens (tertiary/aromatic N) is 2. The molecule has 0 amide bonds. The molecule has 1 heterocycles. The summed E-state index contributed by atoms with van der Waals surface area (Å²) in [5, 5.41) is 3.76. The van der Waals surface area contributed by atoms with Gasteiger partial charge in [0.25, 0.3) is 0 Å². The number of hydrogen-bond donors (Lipinski definition) is 1. The number of anilines is 1. The van der Waals surface area contributed by atoms with E-state index in [9.17, 15) is 0 Å². The second-order valence-electron chi connectivity index (χ2n) is 4.07. The molecule has 0 atom stereocenters. The molecule has 0 bridgehead atoms. The fourth-order valence-electron chi connectivity index (χ4n) is 1.75. The first-order chi connectivity index (χ1) is 7.79. The molecular weight excluding hydrogens is 226 g/mol. The van der Waals surface area contributed by atoms with Crippen molar-refractivity contribution in [3.8, 4) is 6.01 Å². The number of aromatic nitrogens is 2. The van der Waals surface area contributed by atoms with E-state index in [0.717, 1.165) is 12.5 Å². The normalized spacial score (nSPS) is 15.6. The molecule has 0 aromatic carbocycles. The lowest BCUT2D eigenvalue weighted by atomic mass is 9.83. The third-order valence-electron chi connectivity index (χ3n) is 2.97. The molecule has 16 heavy (non-hydrogen) atoms. The SMILES string of the molecule is COc1ncc(Cl)c(NCCC2CCC2)n1. The van der Waals surface area contributed by atoms with Crippen molar-refractivity contribution >= 4 is 17.4 Å². The topological polar surface area (TPSA) is 47.0 Å². The molecule has 4 nitrogen and oxygen atoms in total. The zero-order valence-corrected chi connectivity index (χ0v) is 10.1. The Balaban J connectivity index is 1.86. The fourth-order valence-corrected chi connectivity index (χ4v) is 1.91. The van der Waals surface area contributed by atoms with E-state index in [4.69, 9.17) is 16.3 Å². The molecule has 0 radical (unpaired) electrons. The van der Waals surface area contributed by atoms with E-state index in [0.29, 0.717) is 16.9 Å². The van der Waals surface area contributed by atoms with Crippen LogP contribution in [0.5, 0.6) is 6.01 Å². The minimum Gasteiger partial charge on any atom is -0.467 e. The first kappa shape index (κ1) is 11.5. The number of nitrogens with one attached hydrogen (secondary N) is 1. The number of methoxy groups -OCH3 is 1. The number of halogens is 1. The summed E-state index contributed by atoms with van der Waals surface area (Å²) >= 11 is 5.97.